The van der Waals surface area contributed by atoms with Crippen LogP contribution in [-0.4, -0.2) is 16.0 Å². The largest absolute Gasteiger partial charge is 0.409 e. The molecule has 0 atom stereocenters. The van der Waals surface area contributed by atoms with Gasteiger partial charge in [0.1, 0.15) is 5.03 Å². The minimum Gasteiger partial charge on any atom is -0.409 e. The fourth-order valence-electron chi connectivity index (χ4n) is 1.79. The van der Waals surface area contributed by atoms with Gasteiger partial charge in [-0.05, 0) is 37.6 Å². The van der Waals surface area contributed by atoms with Gasteiger partial charge in [0.25, 0.3) is 0 Å². The molecule has 1 aromatic heterocycles. The molecule has 5 heteroatoms. The molecule has 0 spiro atoms. The van der Waals surface area contributed by atoms with E-state index in [0.29, 0.717) is 5.56 Å². The third-order valence-electron chi connectivity index (χ3n) is 2.56. The average molecular weight is 273 g/mol. The summed E-state index contributed by atoms with van der Waals surface area (Å²) in [6.45, 7) is 4.00. The summed E-state index contributed by atoms with van der Waals surface area (Å²) in [6.07, 6.45) is 0. The van der Waals surface area contributed by atoms with Crippen LogP contribution in [0.5, 0.6) is 0 Å². The SMILES string of the molecule is Cc1cc(C)nc(Sc2ccccc2/C(N)=N/O)c1. The highest BCUT2D eigenvalue weighted by atomic mass is 32.2. The Hall–Kier alpha value is -2.01. The Morgan fingerprint density at radius 3 is 2.68 bits per heavy atom. The van der Waals surface area contributed by atoms with E-state index in [0.717, 1.165) is 21.2 Å². The number of rotatable bonds is 3. The monoisotopic (exact) mass is 273 g/mol. The molecular formula is C14H15N3OS. The van der Waals surface area contributed by atoms with Crippen molar-refractivity contribution >= 4 is 17.6 Å². The molecule has 0 fully saturated rings. The summed E-state index contributed by atoms with van der Waals surface area (Å²) in [5, 5.41) is 12.8. The lowest BCUT2D eigenvalue weighted by Gasteiger charge is -2.08. The number of nitrogens with zero attached hydrogens (tertiary/aromatic N) is 2. The Morgan fingerprint density at radius 2 is 2.00 bits per heavy atom. The van der Waals surface area contributed by atoms with Crippen molar-refractivity contribution in [3.8, 4) is 0 Å². The third kappa shape index (κ3) is 3.26. The van der Waals surface area contributed by atoms with Crippen molar-refractivity contribution < 1.29 is 5.21 Å². The number of amidine groups is 1. The zero-order chi connectivity index (χ0) is 13.8. The van der Waals surface area contributed by atoms with E-state index in [4.69, 9.17) is 10.9 Å². The van der Waals surface area contributed by atoms with E-state index in [1.54, 1.807) is 0 Å². The first kappa shape index (κ1) is 13.4. The molecule has 4 nitrogen and oxygen atoms in total. The summed E-state index contributed by atoms with van der Waals surface area (Å²) in [5.74, 6) is 0.104. The van der Waals surface area contributed by atoms with Gasteiger partial charge >= 0.3 is 0 Å². The van der Waals surface area contributed by atoms with Crippen molar-refractivity contribution in [1.29, 1.82) is 0 Å². The zero-order valence-electron chi connectivity index (χ0n) is 10.8. The zero-order valence-corrected chi connectivity index (χ0v) is 11.6. The minimum atomic E-state index is 0.104. The van der Waals surface area contributed by atoms with Crippen LogP contribution in [0.1, 0.15) is 16.8 Å². The Balaban J connectivity index is 2.38. The predicted molar refractivity (Wildman–Crippen MR) is 76.8 cm³/mol. The van der Waals surface area contributed by atoms with E-state index < -0.39 is 0 Å². The first-order valence-electron chi connectivity index (χ1n) is 5.80. The summed E-state index contributed by atoms with van der Waals surface area (Å²) < 4.78 is 0. The number of aryl methyl sites for hydroxylation is 2. The van der Waals surface area contributed by atoms with E-state index in [1.165, 1.54) is 11.8 Å². The van der Waals surface area contributed by atoms with E-state index in [9.17, 15) is 0 Å². The van der Waals surface area contributed by atoms with Crippen LogP contribution in [0.4, 0.5) is 0 Å². The van der Waals surface area contributed by atoms with Crippen LogP contribution in [0.25, 0.3) is 0 Å². The van der Waals surface area contributed by atoms with Gasteiger partial charge in [0.15, 0.2) is 5.84 Å². The smallest absolute Gasteiger partial charge is 0.171 e. The maximum Gasteiger partial charge on any atom is 0.171 e. The molecule has 3 N–H and O–H groups in total. The highest BCUT2D eigenvalue weighted by Gasteiger charge is 2.09. The third-order valence-corrected chi connectivity index (χ3v) is 3.55. The summed E-state index contributed by atoms with van der Waals surface area (Å²) in [5.41, 5.74) is 8.52. The van der Waals surface area contributed by atoms with Crippen LogP contribution < -0.4 is 5.73 Å². The van der Waals surface area contributed by atoms with Crippen molar-refractivity contribution in [2.24, 2.45) is 10.9 Å². The molecule has 1 aromatic carbocycles. The number of hydrogen-bond donors (Lipinski definition) is 2. The van der Waals surface area contributed by atoms with Crippen LogP contribution in [-0.2, 0) is 0 Å². The molecule has 0 unspecified atom stereocenters. The average Bonchev–Trinajstić information content (AvgIpc) is 2.37. The Kier molecular flexibility index (Phi) is 4.06. The van der Waals surface area contributed by atoms with Crippen LogP contribution >= 0.6 is 11.8 Å². The van der Waals surface area contributed by atoms with Crippen LogP contribution in [0, 0.1) is 13.8 Å². The molecule has 98 valence electrons. The normalized spacial score (nSPS) is 11.6. The van der Waals surface area contributed by atoms with Crippen LogP contribution in [0.15, 0.2) is 51.5 Å². The van der Waals surface area contributed by atoms with Crippen LogP contribution in [0.2, 0.25) is 0 Å². The highest BCUT2D eigenvalue weighted by molar-refractivity contribution is 7.99. The van der Waals surface area contributed by atoms with E-state index in [1.807, 2.05) is 50.2 Å². The molecule has 0 amide bonds. The van der Waals surface area contributed by atoms with Gasteiger partial charge in [-0.15, -0.1) is 0 Å². The predicted octanol–water partition coefficient (Wildman–Crippen LogP) is 2.94. The van der Waals surface area contributed by atoms with Gasteiger partial charge in [-0.1, -0.05) is 35.1 Å². The number of nitrogens with two attached hydrogens (primary N) is 1. The lowest BCUT2D eigenvalue weighted by atomic mass is 10.2. The maximum absolute atomic E-state index is 8.81. The molecular weight excluding hydrogens is 258 g/mol. The second-order valence-electron chi connectivity index (χ2n) is 4.21. The van der Waals surface area contributed by atoms with Crippen molar-refractivity contribution in [1.82, 2.24) is 4.98 Å². The van der Waals surface area contributed by atoms with Crippen molar-refractivity contribution in [2.75, 3.05) is 0 Å². The first-order valence-corrected chi connectivity index (χ1v) is 6.62. The molecule has 0 aliphatic heterocycles. The molecule has 0 aliphatic rings. The second-order valence-corrected chi connectivity index (χ2v) is 5.27. The number of aromatic nitrogens is 1. The quantitative estimate of drug-likeness (QED) is 0.390. The fourth-order valence-corrected chi connectivity index (χ4v) is 2.88. The number of benzene rings is 1. The van der Waals surface area contributed by atoms with Crippen molar-refractivity contribution in [3.63, 3.8) is 0 Å². The molecule has 2 aromatic rings. The second kappa shape index (κ2) is 5.75. The summed E-state index contributed by atoms with van der Waals surface area (Å²) in [4.78, 5) is 5.39. The van der Waals surface area contributed by atoms with E-state index in [-0.39, 0.29) is 5.84 Å². The Morgan fingerprint density at radius 1 is 1.26 bits per heavy atom. The van der Waals surface area contributed by atoms with Gasteiger partial charge in [0, 0.05) is 16.2 Å². The molecule has 0 bridgehead atoms. The van der Waals surface area contributed by atoms with E-state index >= 15 is 0 Å². The van der Waals surface area contributed by atoms with Gasteiger partial charge in [0.2, 0.25) is 0 Å². The number of hydrogen-bond acceptors (Lipinski definition) is 4. The topological polar surface area (TPSA) is 71.5 Å². The maximum atomic E-state index is 8.81. The number of pyridine rings is 1. The van der Waals surface area contributed by atoms with Gasteiger partial charge in [0.05, 0.1) is 0 Å². The van der Waals surface area contributed by atoms with Gasteiger partial charge in [-0.2, -0.15) is 0 Å². The van der Waals surface area contributed by atoms with Gasteiger partial charge in [-0.25, -0.2) is 4.98 Å². The van der Waals surface area contributed by atoms with Gasteiger partial charge < -0.3 is 10.9 Å². The summed E-state index contributed by atoms with van der Waals surface area (Å²) >= 11 is 1.50. The molecule has 19 heavy (non-hydrogen) atoms. The molecule has 2 rings (SSSR count). The van der Waals surface area contributed by atoms with Gasteiger partial charge in [-0.3, -0.25) is 0 Å². The molecule has 0 aliphatic carbocycles. The lowest BCUT2D eigenvalue weighted by molar-refractivity contribution is 0.318. The molecule has 0 saturated heterocycles. The first-order chi connectivity index (χ1) is 9.10. The Labute approximate surface area is 116 Å². The number of oxime groups is 1. The van der Waals surface area contributed by atoms with Crippen molar-refractivity contribution in [2.45, 2.75) is 23.8 Å². The standard InChI is InChI=1S/C14H15N3OS/c1-9-7-10(2)16-13(8-9)19-12-6-4-3-5-11(12)14(15)17-18/h3-8,18H,1-2H3,(H2,15,17). The van der Waals surface area contributed by atoms with Crippen LogP contribution in [0.3, 0.4) is 0 Å². The molecule has 0 radical (unpaired) electrons. The van der Waals surface area contributed by atoms with Crippen molar-refractivity contribution in [3.05, 3.63) is 53.2 Å². The Bertz CT molecular complexity index is 606. The minimum absolute atomic E-state index is 0.104. The lowest BCUT2D eigenvalue weighted by Crippen LogP contribution is -2.14. The summed E-state index contributed by atoms with van der Waals surface area (Å²) in [7, 11) is 0. The molecule has 0 saturated carbocycles. The molecule has 1 heterocycles. The summed E-state index contributed by atoms with van der Waals surface area (Å²) in [6, 6.07) is 11.6. The van der Waals surface area contributed by atoms with E-state index in [2.05, 4.69) is 10.1 Å². The fraction of sp³-hybridized carbons (Fsp3) is 0.143. The highest BCUT2D eigenvalue weighted by Crippen LogP contribution is 2.29.